The molecule has 1 aromatic heterocycles. The quantitative estimate of drug-likeness (QED) is 0.0340. The van der Waals surface area contributed by atoms with Crippen molar-refractivity contribution < 1.29 is 33.3 Å². The van der Waals surface area contributed by atoms with Crippen molar-refractivity contribution in [3.8, 4) is 0 Å². The van der Waals surface area contributed by atoms with Gasteiger partial charge in [0.1, 0.15) is 0 Å². The number of allylic oxidation sites excluding steroid dienone is 2. The van der Waals surface area contributed by atoms with Crippen LogP contribution >= 0.6 is 0 Å². The minimum atomic E-state index is -3.81. The maximum atomic E-state index is 13.2. The number of rotatable bonds is 19. The summed E-state index contributed by atoms with van der Waals surface area (Å²) in [7, 11) is -3.81. The lowest BCUT2D eigenvalue weighted by atomic mass is 9.89. The van der Waals surface area contributed by atoms with E-state index in [0.717, 1.165) is 65.3 Å². The van der Waals surface area contributed by atoms with Gasteiger partial charge >= 0.3 is 5.97 Å². The first kappa shape index (κ1) is 44.0. The fourth-order valence-electron chi connectivity index (χ4n) is 8.51. The van der Waals surface area contributed by atoms with E-state index in [1.54, 1.807) is 13.0 Å². The van der Waals surface area contributed by atoms with Crippen molar-refractivity contribution in [1.82, 2.24) is 9.88 Å². The number of sulfonamides is 1. The summed E-state index contributed by atoms with van der Waals surface area (Å²) in [6.45, 7) is 5.83. The molecule has 0 spiro atoms. The smallest absolute Gasteiger partial charge is 0.307 e. The molecule has 2 heterocycles. The van der Waals surface area contributed by atoms with Crippen LogP contribution in [0.2, 0.25) is 0 Å². The van der Waals surface area contributed by atoms with Gasteiger partial charge in [0.05, 0.1) is 30.3 Å². The van der Waals surface area contributed by atoms with E-state index in [9.17, 15) is 28.5 Å². The third-order valence-corrected chi connectivity index (χ3v) is 12.8. The maximum Gasteiger partial charge on any atom is 0.307 e. The fraction of sp³-hybridized carbons (Fsp3) is 0.447. The zero-order chi connectivity index (χ0) is 41.9. The summed E-state index contributed by atoms with van der Waals surface area (Å²) in [6.07, 6.45) is 13.6. The highest BCUT2D eigenvalue weighted by Gasteiger charge is 2.39. The predicted molar refractivity (Wildman–Crippen MR) is 234 cm³/mol. The van der Waals surface area contributed by atoms with Gasteiger partial charge in [0.15, 0.2) is 6.23 Å². The molecule has 7 atom stereocenters. The molecule has 1 saturated heterocycles. The zero-order valence-corrected chi connectivity index (χ0v) is 35.3. The third-order valence-electron chi connectivity index (χ3n) is 11.6. The number of hydrogen-bond donors (Lipinski definition) is 4. The molecule has 11 nitrogen and oxygen atoms in total. The summed E-state index contributed by atoms with van der Waals surface area (Å²) in [4.78, 5) is 19.6. The van der Waals surface area contributed by atoms with Gasteiger partial charge in [-0.3, -0.25) is 14.7 Å². The van der Waals surface area contributed by atoms with Crippen LogP contribution in [0.1, 0.15) is 68.6 Å². The number of carbonyl (C=O) groups excluding carboxylic acids is 1. The number of carbonyl (C=O) groups is 1. The molecule has 3 aromatic carbocycles. The van der Waals surface area contributed by atoms with Gasteiger partial charge in [-0.15, -0.1) is 0 Å². The normalized spacial score (nSPS) is 22.3. The van der Waals surface area contributed by atoms with Crippen LogP contribution < -0.4 is 9.62 Å². The van der Waals surface area contributed by atoms with E-state index in [4.69, 9.17) is 4.74 Å². The highest BCUT2D eigenvalue weighted by atomic mass is 32.2. The van der Waals surface area contributed by atoms with Crippen LogP contribution in [-0.2, 0) is 32.5 Å². The Morgan fingerprint density at radius 2 is 1.86 bits per heavy atom. The van der Waals surface area contributed by atoms with Crippen molar-refractivity contribution in [1.29, 1.82) is 0 Å². The average molecular weight is 825 g/mol. The summed E-state index contributed by atoms with van der Waals surface area (Å²) in [5, 5.41) is 37.8. The minimum Gasteiger partial charge on any atom is -0.441 e. The summed E-state index contributed by atoms with van der Waals surface area (Å²) in [6, 6.07) is 24.3. The minimum absolute atomic E-state index is 0.113. The Balaban J connectivity index is 0.965. The lowest BCUT2D eigenvalue weighted by Gasteiger charge is -2.30. The lowest BCUT2D eigenvalue weighted by Crippen LogP contribution is -2.41. The van der Waals surface area contributed by atoms with E-state index in [0.29, 0.717) is 37.9 Å². The van der Waals surface area contributed by atoms with Gasteiger partial charge in [-0.05, 0) is 93.2 Å². The van der Waals surface area contributed by atoms with Crippen molar-refractivity contribution in [3.63, 3.8) is 0 Å². The van der Waals surface area contributed by atoms with Crippen molar-refractivity contribution in [2.75, 3.05) is 29.0 Å². The number of nitrogens with zero attached hydrogens (tertiary/aromatic N) is 3. The third kappa shape index (κ3) is 12.2. The highest BCUT2D eigenvalue weighted by molar-refractivity contribution is 7.92. The number of hydrogen-bond acceptors (Lipinski definition) is 10. The van der Waals surface area contributed by atoms with Gasteiger partial charge in [0, 0.05) is 73.3 Å². The number of aliphatic hydroxyl groups excluding tert-OH is 3. The standard InChI is InChI=1S/C47H60N4O7S/c1-33-18-19-36(31-50-27-25-38(32-50)49-43-16-11-14-37-30-48-26-24-40(37)43)28-44(33)51(59(3,56)57)34(2)58-47(55)17-10-5-4-9-15-41-42(46(54)29-45(41)53)23-22-39(52)21-20-35-12-7-6-8-13-35/h4,6-9,11-14,16,18-19,22-24,26,28,30,34,38-39,41-42,45-46,49,52-54H,5,10,15,17,20-21,25,27,29,31-32H2,1-3H3/b9-4-,23-22+/t34?,38-,39+,41-,42-,45+,46-/m1/s1. The summed E-state index contributed by atoms with van der Waals surface area (Å²) < 4.78 is 33.3. The van der Waals surface area contributed by atoms with Crippen molar-refractivity contribution in [2.45, 2.75) is 102 Å². The zero-order valence-electron chi connectivity index (χ0n) is 34.4. The van der Waals surface area contributed by atoms with Gasteiger partial charge in [-0.25, -0.2) is 12.7 Å². The van der Waals surface area contributed by atoms with E-state index >= 15 is 0 Å². The molecule has 2 aliphatic rings. The summed E-state index contributed by atoms with van der Waals surface area (Å²) in [5.74, 6) is -0.942. The van der Waals surface area contributed by atoms with Crippen LogP contribution in [0.5, 0.6) is 0 Å². The van der Waals surface area contributed by atoms with Crippen molar-refractivity contribution in [3.05, 3.63) is 126 Å². The molecule has 316 valence electrons. The van der Waals surface area contributed by atoms with Crippen LogP contribution in [0.4, 0.5) is 11.4 Å². The molecule has 1 unspecified atom stereocenters. The molecule has 59 heavy (non-hydrogen) atoms. The van der Waals surface area contributed by atoms with E-state index in [1.165, 1.54) is 4.31 Å². The number of unbranched alkanes of at least 4 members (excludes halogenated alkanes) is 1. The molecular weight excluding hydrogens is 765 g/mol. The van der Waals surface area contributed by atoms with Gasteiger partial charge in [0.2, 0.25) is 10.0 Å². The van der Waals surface area contributed by atoms with Crippen LogP contribution in [0, 0.1) is 18.8 Å². The number of aromatic nitrogens is 1. The molecule has 4 aromatic rings. The van der Waals surface area contributed by atoms with Crippen molar-refractivity contribution >= 4 is 38.1 Å². The molecule has 1 aliphatic heterocycles. The second-order valence-corrected chi connectivity index (χ2v) is 18.1. The number of esters is 1. The fourth-order valence-corrected chi connectivity index (χ4v) is 9.64. The number of benzene rings is 3. The van der Waals surface area contributed by atoms with Gasteiger partial charge in [-0.1, -0.05) is 78.9 Å². The van der Waals surface area contributed by atoms with E-state index in [2.05, 4.69) is 27.3 Å². The second-order valence-electron chi connectivity index (χ2n) is 16.2. The number of likely N-dealkylation sites (tertiary alicyclic amines) is 1. The number of nitrogens with one attached hydrogen (secondary N) is 1. The molecule has 6 rings (SSSR count). The predicted octanol–water partition coefficient (Wildman–Crippen LogP) is 6.91. The largest absolute Gasteiger partial charge is 0.441 e. The van der Waals surface area contributed by atoms with E-state index in [1.807, 2.05) is 98.2 Å². The number of anilines is 2. The first-order valence-electron chi connectivity index (χ1n) is 20.9. The Morgan fingerprint density at radius 1 is 1.05 bits per heavy atom. The molecule has 0 radical (unpaired) electrons. The Kier molecular flexibility index (Phi) is 15.3. The Bertz CT molecular complexity index is 2160. The summed E-state index contributed by atoms with van der Waals surface area (Å²) in [5.41, 5.74) is 4.46. The monoisotopic (exact) mass is 824 g/mol. The molecule has 0 bridgehead atoms. The number of pyridine rings is 1. The Morgan fingerprint density at radius 3 is 2.66 bits per heavy atom. The number of aryl methyl sites for hydroxylation is 2. The molecule has 12 heteroatoms. The molecule has 4 N–H and O–H groups in total. The molecule has 1 aliphatic carbocycles. The van der Waals surface area contributed by atoms with Gasteiger partial charge < -0.3 is 25.4 Å². The average Bonchev–Trinajstić information content (AvgIpc) is 3.76. The number of ether oxygens (including phenoxy) is 1. The van der Waals surface area contributed by atoms with E-state index in [-0.39, 0.29) is 30.7 Å². The van der Waals surface area contributed by atoms with Crippen LogP contribution in [0.25, 0.3) is 10.8 Å². The van der Waals surface area contributed by atoms with Crippen LogP contribution in [-0.4, -0.2) is 89.5 Å². The molecule has 2 fully saturated rings. The topological polar surface area (TPSA) is 153 Å². The van der Waals surface area contributed by atoms with Crippen LogP contribution in [0.3, 0.4) is 0 Å². The second kappa shape index (κ2) is 20.6. The highest BCUT2D eigenvalue weighted by Crippen LogP contribution is 2.36. The SMILES string of the molecule is Cc1ccc(CN2CC[C@@H](Nc3cccc4cnccc34)C2)cc1N(C(C)OC(=O)CCC/C=C\C[C@@H]1[C@@H](/C=C/[C@@H](O)CCc2ccccc2)[C@H](O)C[C@@H]1O)S(C)(=O)=O. The van der Waals surface area contributed by atoms with E-state index < -0.39 is 40.5 Å². The Labute approximate surface area is 349 Å². The summed E-state index contributed by atoms with van der Waals surface area (Å²) >= 11 is 0. The molecule has 0 amide bonds. The first-order chi connectivity index (χ1) is 28.4. The molecular formula is C47H60N4O7S. The van der Waals surface area contributed by atoms with Gasteiger partial charge in [0.25, 0.3) is 0 Å². The van der Waals surface area contributed by atoms with Crippen LogP contribution in [0.15, 0.2) is 109 Å². The Hall–Kier alpha value is -4.59. The molecule has 1 saturated carbocycles. The number of aliphatic hydroxyl groups is 3. The van der Waals surface area contributed by atoms with Crippen molar-refractivity contribution in [2.24, 2.45) is 11.8 Å². The maximum absolute atomic E-state index is 13.2. The first-order valence-corrected chi connectivity index (χ1v) is 22.7. The van der Waals surface area contributed by atoms with Gasteiger partial charge in [-0.2, -0.15) is 0 Å². The lowest BCUT2D eigenvalue weighted by molar-refractivity contribution is -0.147. The number of fused-ring (bicyclic) bond motifs is 1.